The van der Waals surface area contributed by atoms with Gasteiger partial charge in [0.25, 0.3) is 0 Å². The first kappa shape index (κ1) is 15.2. The van der Waals surface area contributed by atoms with E-state index in [1.165, 1.54) is 7.11 Å². The molecule has 9 heteroatoms. The van der Waals surface area contributed by atoms with Crippen molar-refractivity contribution in [1.82, 2.24) is 15.0 Å². The highest BCUT2D eigenvalue weighted by Crippen LogP contribution is 2.14. The second kappa shape index (κ2) is 7.53. The van der Waals surface area contributed by atoms with Gasteiger partial charge in [-0.25, -0.2) is 0 Å². The number of ether oxygens (including phenoxy) is 2. The van der Waals surface area contributed by atoms with Crippen LogP contribution >= 0.6 is 11.6 Å². The molecule has 0 bridgehead atoms. The Morgan fingerprint density at radius 1 is 1.40 bits per heavy atom. The summed E-state index contributed by atoms with van der Waals surface area (Å²) in [5, 5.41) is 12.6. The van der Waals surface area contributed by atoms with Gasteiger partial charge >= 0.3 is 0 Å². The summed E-state index contributed by atoms with van der Waals surface area (Å²) in [5.41, 5.74) is 0. The average Bonchev–Trinajstić information content (AvgIpc) is 2.46. The molecule has 0 radical (unpaired) electrons. The van der Waals surface area contributed by atoms with Gasteiger partial charge in [-0.05, 0) is 11.6 Å². The minimum atomic E-state index is -0.637. The summed E-state index contributed by atoms with van der Waals surface area (Å²) in [6.45, 7) is 3.22. The van der Waals surface area contributed by atoms with Gasteiger partial charge in [-0.1, -0.05) is 0 Å². The van der Waals surface area contributed by atoms with Crippen LogP contribution in [0.3, 0.4) is 0 Å². The van der Waals surface area contributed by atoms with Crippen molar-refractivity contribution in [2.45, 2.75) is 6.10 Å². The zero-order valence-electron chi connectivity index (χ0n) is 11.3. The van der Waals surface area contributed by atoms with Crippen molar-refractivity contribution in [3.63, 3.8) is 0 Å². The van der Waals surface area contributed by atoms with Crippen LogP contribution in [0.25, 0.3) is 0 Å². The molecular formula is C11H18ClN5O3. The van der Waals surface area contributed by atoms with Crippen LogP contribution in [0.1, 0.15) is 0 Å². The molecule has 2 rings (SSSR count). The number of rotatable bonds is 6. The molecule has 1 aliphatic rings. The third-order valence-electron chi connectivity index (χ3n) is 2.75. The average molecular weight is 304 g/mol. The summed E-state index contributed by atoms with van der Waals surface area (Å²) >= 11 is 5.90. The fourth-order valence-electron chi connectivity index (χ4n) is 1.78. The SMILES string of the molecule is COCC(O)CNc1nc(Cl)nc(N2CCOCC2)n1. The minimum absolute atomic E-state index is 0.116. The van der Waals surface area contributed by atoms with Crippen LogP contribution in [0.15, 0.2) is 0 Å². The Hall–Kier alpha value is -1.22. The first-order valence-electron chi connectivity index (χ1n) is 6.34. The van der Waals surface area contributed by atoms with E-state index in [4.69, 9.17) is 21.1 Å². The maximum atomic E-state index is 9.58. The van der Waals surface area contributed by atoms with Gasteiger partial charge in [0.15, 0.2) is 0 Å². The third kappa shape index (κ3) is 4.41. The van der Waals surface area contributed by atoms with Crippen LogP contribution in [0.5, 0.6) is 0 Å². The van der Waals surface area contributed by atoms with Crippen LogP contribution in [0.4, 0.5) is 11.9 Å². The lowest BCUT2D eigenvalue weighted by Crippen LogP contribution is -2.37. The Morgan fingerprint density at radius 3 is 2.85 bits per heavy atom. The molecule has 1 aliphatic heterocycles. The maximum absolute atomic E-state index is 9.58. The minimum Gasteiger partial charge on any atom is -0.389 e. The molecule has 0 saturated carbocycles. The lowest BCUT2D eigenvalue weighted by molar-refractivity contribution is 0.0726. The van der Waals surface area contributed by atoms with E-state index in [1.807, 2.05) is 4.90 Å². The van der Waals surface area contributed by atoms with Gasteiger partial charge in [-0.2, -0.15) is 15.0 Å². The zero-order valence-corrected chi connectivity index (χ0v) is 12.0. The molecule has 0 aromatic carbocycles. The van der Waals surface area contributed by atoms with Gasteiger partial charge in [0.1, 0.15) is 0 Å². The number of nitrogens with one attached hydrogen (secondary N) is 1. The molecule has 1 unspecified atom stereocenters. The molecule has 0 aliphatic carbocycles. The summed E-state index contributed by atoms with van der Waals surface area (Å²) < 4.78 is 10.1. The second-order valence-corrected chi connectivity index (χ2v) is 4.66. The largest absolute Gasteiger partial charge is 0.389 e. The van der Waals surface area contributed by atoms with E-state index < -0.39 is 6.10 Å². The molecule has 1 aromatic rings. The number of hydrogen-bond donors (Lipinski definition) is 2. The van der Waals surface area contributed by atoms with Crippen molar-refractivity contribution in [2.75, 3.05) is 56.8 Å². The Bertz CT molecular complexity index is 431. The molecule has 2 heterocycles. The summed E-state index contributed by atoms with van der Waals surface area (Å²) in [7, 11) is 1.53. The molecule has 8 nitrogen and oxygen atoms in total. The highest BCUT2D eigenvalue weighted by Gasteiger charge is 2.16. The first-order valence-corrected chi connectivity index (χ1v) is 6.72. The number of aliphatic hydroxyl groups is 1. The molecule has 1 saturated heterocycles. The number of aliphatic hydroxyl groups excluding tert-OH is 1. The maximum Gasteiger partial charge on any atom is 0.231 e. The van der Waals surface area contributed by atoms with E-state index >= 15 is 0 Å². The number of halogens is 1. The van der Waals surface area contributed by atoms with Crippen LogP contribution < -0.4 is 10.2 Å². The molecule has 1 aromatic heterocycles. The number of nitrogens with zero attached hydrogens (tertiary/aromatic N) is 4. The Labute approximate surface area is 122 Å². The van der Waals surface area contributed by atoms with Crippen LogP contribution in [0.2, 0.25) is 5.28 Å². The topological polar surface area (TPSA) is 92.6 Å². The standard InChI is InChI=1S/C11H18ClN5O3/c1-19-7-8(18)6-13-10-14-9(12)15-11(16-10)17-2-4-20-5-3-17/h8,18H,2-7H2,1H3,(H,13,14,15,16). The molecule has 1 atom stereocenters. The molecular weight excluding hydrogens is 286 g/mol. The van der Waals surface area contributed by atoms with Crippen molar-refractivity contribution in [3.8, 4) is 0 Å². The van der Waals surface area contributed by atoms with Gasteiger partial charge < -0.3 is 24.8 Å². The van der Waals surface area contributed by atoms with Crippen LogP contribution in [0, 0.1) is 0 Å². The van der Waals surface area contributed by atoms with E-state index in [0.717, 1.165) is 0 Å². The third-order valence-corrected chi connectivity index (χ3v) is 2.91. The summed E-state index contributed by atoms with van der Waals surface area (Å²) in [6.07, 6.45) is -0.637. The summed E-state index contributed by atoms with van der Waals surface area (Å²) in [6, 6.07) is 0. The number of hydrogen-bond acceptors (Lipinski definition) is 8. The summed E-state index contributed by atoms with van der Waals surface area (Å²) in [5.74, 6) is 0.846. The van der Waals surface area contributed by atoms with Crippen molar-refractivity contribution in [1.29, 1.82) is 0 Å². The van der Waals surface area contributed by atoms with Gasteiger partial charge in [0.05, 0.1) is 25.9 Å². The predicted molar refractivity (Wildman–Crippen MR) is 74.2 cm³/mol. The van der Waals surface area contributed by atoms with E-state index in [0.29, 0.717) is 38.2 Å². The van der Waals surface area contributed by atoms with Crippen molar-refractivity contribution < 1.29 is 14.6 Å². The van der Waals surface area contributed by atoms with E-state index in [9.17, 15) is 5.11 Å². The van der Waals surface area contributed by atoms with E-state index in [2.05, 4.69) is 20.3 Å². The Kier molecular flexibility index (Phi) is 5.72. The number of anilines is 2. The number of morpholine rings is 1. The zero-order chi connectivity index (χ0) is 14.4. The molecule has 0 amide bonds. The van der Waals surface area contributed by atoms with Gasteiger partial charge in [-0.15, -0.1) is 0 Å². The fraction of sp³-hybridized carbons (Fsp3) is 0.727. The number of aromatic nitrogens is 3. The van der Waals surface area contributed by atoms with Crippen molar-refractivity contribution in [2.24, 2.45) is 0 Å². The van der Waals surface area contributed by atoms with Crippen LogP contribution in [-0.4, -0.2) is 72.7 Å². The van der Waals surface area contributed by atoms with E-state index in [1.54, 1.807) is 0 Å². The van der Waals surface area contributed by atoms with Gasteiger partial charge in [-0.3, -0.25) is 0 Å². The van der Waals surface area contributed by atoms with Gasteiger partial charge in [0.2, 0.25) is 17.2 Å². The smallest absolute Gasteiger partial charge is 0.231 e. The molecule has 0 spiro atoms. The Balaban J connectivity index is 2.00. The lowest BCUT2D eigenvalue weighted by Gasteiger charge is -2.26. The predicted octanol–water partition coefficient (Wildman–Crippen LogP) is -0.219. The molecule has 2 N–H and O–H groups in total. The Morgan fingerprint density at radius 2 is 2.15 bits per heavy atom. The highest BCUT2D eigenvalue weighted by atomic mass is 35.5. The quantitative estimate of drug-likeness (QED) is 0.745. The highest BCUT2D eigenvalue weighted by molar-refractivity contribution is 6.28. The fourth-order valence-corrected chi connectivity index (χ4v) is 1.94. The molecule has 20 heavy (non-hydrogen) atoms. The lowest BCUT2D eigenvalue weighted by atomic mass is 10.4. The summed E-state index contributed by atoms with van der Waals surface area (Å²) in [4.78, 5) is 14.4. The van der Waals surface area contributed by atoms with E-state index in [-0.39, 0.29) is 18.4 Å². The molecule has 1 fully saturated rings. The first-order chi connectivity index (χ1) is 9.69. The second-order valence-electron chi connectivity index (χ2n) is 4.32. The normalized spacial score (nSPS) is 17.1. The number of methoxy groups -OCH3 is 1. The van der Waals surface area contributed by atoms with Gasteiger partial charge in [0, 0.05) is 26.7 Å². The van der Waals surface area contributed by atoms with Crippen molar-refractivity contribution >= 4 is 23.5 Å². The van der Waals surface area contributed by atoms with Crippen LogP contribution in [-0.2, 0) is 9.47 Å². The monoisotopic (exact) mass is 303 g/mol. The van der Waals surface area contributed by atoms with Crippen molar-refractivity contribution in [3.05, 3.63) is 5.28 Å². The molecule has 112 valence electrons.